The molecule has 1 aromatic carbocycles. The highest BCUT2D eigenvalue weighted by Crippen LogP contribution is 2.24. The van der Waals surface area contributed by atoms with Crippen LogP contribution in [0.4, 0.5) is 4.39 Å². The van der Waals surface area contributed by atoms with Crippen molar-refractivity contribution in [1.29, 1.82) is 0 Å². The SMILES string of the molecule is COc1ccc(-c2cc(C)nc(C=O)n2)cc1F. The zero-order valence-electron chi connectivity index (χ0n) is 9.98. The van der Waals surface area contributed by atoms with Crippen LogP contribution >= 0.6 is 0 Å². The van der Waals surface area contributed by atoms with Crippen molar-refractivity contribution in [2.24, 2.45) is 0 Å². The molecule has 0 amide bonds. The maximum absolute atomic E-state index is 13.6. The minimum absolute atomic E-state index is 0.0845. The number of halogens is 1. The number of aromatic nitrogens is 2. The van der Waals surface area contributed by atoms with Crippen molar-refractivity contribution >= 4 is 6.29 Å². The Hall–Kier alpha value is -2.30. The van der Waals surface area contributed by atoms with E-state index in [1.807, 2.05) is 0 Å². The van der Waals surface area contributed by atoms with Crippen LogP contribution in [-0.2, 0) is 0 Å². The Labute approximate surface area is 103 Å². The molecule has 0 unspecified atom stereocenters. The Bertz CT molecular complexity index is 600. The summed E-state index contributed by atoms with van der Waals surface area (Å²) in [5.41, 5.74) is 1.73. The maximum Gasteiger partial charge on any atom is 0.193 e. The summed E-state index contributed by atoms with van der Waals surface area (Å²) in [4.78, 5) is 18.7. The van der Waals surface area contributed by atoms with Crippen LogP contribution in [0.1, 0.15) is 16.3 Å². The summed E-state index contributed by atoms with van der Waals surface area (Å²) >= 11 is 0. The van der Waals surface area contributed by atoms with Crippen molar-refractivity contribution in [3.8, 4) is 17.0 Å². The van der Waals surface area contributed by atoms with E-state index in [-0.39, 0.29) is 11.6 Å². The van der Waals surface area contributed by atoms with Gasteiger partial charge in [0.25, 0.3) is 0 Å². The minimum atomic E-state index is -0.473. The van der Waals surface area contributed by atoms with Crippen LogP contribution in [0, 0.1) is 12.7 Å². The number of nitrogens with zero attached hydrogens (tertiary/aromatic N) is 2. The molecule has 5 heteroatoms. The van der Waals surface area contributed by atoms with Gasteiger partial charge in [0.05, 0.1) is 12.8 Å². The fourth-order valence-electron chi connectivity index (χ4n) is 1.62. The average Bonchev–Trinajstić information content (AvgIpc) is 2.37. The number of hydrogen-bond donors (Lipinski definition) is 0. The van der Waals surface area contributed by atoms with Gasteiger partial charge in [0.2, 0.25) is 0 Å². The van der Waals surface area contributed by atoms with Gasteiger partial charge in [0, 0.05) is 11.3 Å². The van der Waals surface area contributed by atoms with Crippen LogP contribution in [0.5, 0.6) is 5.75 Å². The number of methoxy groups -OCH3 is 1. The van der Waals surface area contributed by atoms with Gasteiger partial charge in [0.15, 0.2) is 23.7 Å². The third kappa shape index (κ3) is 2.34. The van der Waals surface area contributed by atoms with Crippen molar-refractivity contribution < 1.29 is 13.9 Å². The summed E-state index contributed by atoms with van der Waals surface area (Å²) < 4.78 is 18.4. The molecular formula is C13H11FN2O2. The molecule has 1 aromatic heterocycles. The molecule has 0 fully saturated rings. The van der Waals surface area contributed by atoms with E-state index >= 15 is 0 Å². The van der Waals surface area contributed by atoms with Crippen molar-refractivity contribution in [3.63, 3.8) is 0 Å². The van der Waals surface area contributed by atoms with E-state index in [0.29, 0.717) is 23.2 Å². The zero-order valence-corrected chi connectivity index (χ0v) is 9.98. The van der Waals surface area contributed by atoms with Gasteiger partial charge in [-0.2, -0.15) is 0 Å². The topological polar surface area (TPSA) is 52.1 Å². The third-order valence-corrected chi connectivity index (χ3v) is 2.42. The molecule has 2 aromatic rings. The number of aryl methyl sites for hydroxylation is 1. The Kier molecular flexibility index (Phi) is 3.32. The summed E-state index contributed by atoms with van der Waals surface area (Å²) in [7, 11) is 1.40. The molecule has 0 saturated heterocycles. The minimum Gasteiger partial charge on any atom is -0.494 e. The lowest BCUT2D eigenvalue weighted by atomic mass is 10.1. The summed E-state index contributed by atoms with van der Waals surface area (Å²) in [5, 5.41) is 0. The largest absolute Gasteiger partial charge is 0.494 e. The van der Waals surface area contributed by atoms with E-state index in [9.17, 15) is 9.18 Å². The molecule has 0 aliphatic heterocycles. The predicted molar refractivity (Wildman–Crippen MR) is 64.1 cm³/mol. The van der Waals surface area contributed by atoms with E-state index in [0.717, 1.165) is 0 Å². The number of benzene rings is 1. The van der Waals surface area contributed by atoms with Gasteiger partial charge in [-0.15, -0.1) is 0 Å². The van der Waals surface area contributed by atoms with Gasteiger partial charge in [-0.3, -0.25) is 4.79 Å². The number of carbonyl (C=O) groups is 1. The second kappa shape index (κ2) is 4.91. The molecule has 18 heavy (non-hydrogen) atoms. The number of aldehydes is 1. The fraction of sp³-hybridized carbons (Fsp3) is 0.154. The molecule has 0 atom stereocenters. The standard InChI is InChI=1S/C13H11FN2O2/c1-8-5-11(16-13(7-17)15-8)9-3-4-12(18-2)10(14)6-9/h3-7H,1-2H3. The molecular weight excluding hydrogens is 235 g/mol. The highest BCUT2D eigenvalue weighted by Gasteiger charge is 2.08. The molecule has 0 bridgehead atoms. The van der Waals surface area contributed by atoms with Gasteiger partial charge in [-0.1, -0.05) is 0 Å². The smallest absolute Gasteiger partial charge is 0.193 e. The number of carbonyl (C=O) groups excluding carboxylic acids is 1. The molecule has 92 valence electrons. The van der Waals surface area contributed by atoms with Crippen LogP contribution in [0.15, 0.2) is 24.3 Å². The van der Waals surface area contributed by atoms with Crippen LogP contribution in [0.25, 0.3) is 11.3 Å². The van der Waals surface area contributed by atoms with Gasteiger partial charge in [-0.05, 0) is 31.2 Å². The third-order valence-electron chi connectivity index (χ3n) is 2.42. The molecule has 0 spiro atoms. The molecule has 2 rings (SSSR count). The second-order valence-electron chi connectivity index (χ2n) is 3.72. The van der Waals surface area contributed by atoms with Crippen LogP contribution in [0.3, 0.4) is 0 Å². The van der Waals surface area contributed by atoms with Crippen LogP contribution in [-0.4, -0.2) is 23.4 Å². The number of ether oxygens (including phenoxy) is 1. The first-order valence-corrected chi connectivity index (χ1v) is 5.29. The molecule has 0 saturated carbocycles. The fourth-order valence-corrected chi connectivity index (χ4v) is 1.62. The highest BCUT2D eigenvalue weighted by atomic mass is 19.1. The molecule has 0 aliphatic carbocycles. The summed E-state index contributed by atoms with van der Waals surface area (Å²) in [6.07, 6.45) is 0.566. The Morgan fingerprint density at radius 1 is 1.28 bits per heavy atom. The predicted octanol–water partition coefficient (Wildman–Crippen LogP) is 2.41. The Balaban J connectivity index is 2.51. The molecule has 0 radical (unpaired) electrons. The van der Waals surface area contributed by atoms with Crippen LogP contribution in [0.2, 0.25) is 0 Å². The van der Waals surface area contributed by atoms with Crippen molar-refractivity contribution in [1.82, 2.24) is 9.97 Å². The lowest BCUT2D eigenvalue weighted by molar-refractivity contribution is 0.111. The van der Waals surface area contributed by atoms with E-state index in [1.54, 1.807) is 19.1 Å². The monoisotopic (exact) mass is 246 g/mol. The van der Waals surface area contributed by atoms with Crippen molar-refractivity contribution in [2.45, 2.75) is 6.92 Å². The Morgan fingerprint density at radius 2 is 2.06 bits per heavy atom. The number of hydrogen-bond acceptors (Lipinski definition) is 4. The zero-order chi connectivity index (χ0) is 13.1. The normalized spacial score (nSPS) is 10.2. The summed E-state index contributed by atoms with van der Waals surface area (Å²) in [5.74, 6) is -0.222. The van der Waals surface area contributed by atoms with Gasteiger partial charge >= 0.3 is 0 Å². The first-order valence-electron chi connectivity index (χ1n) is 5.29. The number of rotatable bonds is 3. The van der Waals surface area contributed by atoms with Crippen molar-refractivity contribution in [2.75, 3.05) is 7.11 Å². The van der Waals surface area contributed by atoms with E-state index < -0.39 is 5.82 Å². The van der Waals surface area contributed by atoms with E-state index in [2.05, 4.69) is 9.97 Å². The quantitative estimate of drug-likeness (QED) is 0.780. The lowest BCUT2D eigenvalue weighted by Crippen LogP contribution is -1.98. The Morgan fingerprint density at radius 3 is 2.67 bits per heavy atom. The molecule has 1 heterocycles. The molecule has 0 aliphatic rings. The summed E-state index contributed by atoms with van der Waals surface area (Å²) in [6.45, 7) is 1.75. The van der Waals surface area contributed by atoms with E-state index in [1.165, 1.54) is 19.2 Å². The lowest BCUT2D eigenvalue weighted by Gasteiger charge is -2.06. The van der Waals surface area contributed by atoms with Crippen LogP contribution < -0.4 is 4.74 Å². The molecule has 4 nitrogen and oxygen atoms in total. The maximum atomic E-state index is 13.6. The van der Waals surface area contributed by atoms with Gasteiger partial charge < -0.3 is 4.74 Å². The molecule has 0 N–H and O–H groups in total. The second-order valence-corrected chi connectivity index (χ2v) is 3.72. The van der Waals surface area contributed by atoms with Gasteiger partial charge in [0.1, 0.15) is 0 Å². The average molecular weight is 246 g/mol. The first kappa shape index (κ1) is 12.2. The highest BCUT2D eigenvalue weighted by molar-refractivity contribution is 5.71. The van der Waals surface area contributed by atoms with E-state index in [4.69, 9.17) is 4.74 Å². The van der Waals surface area contributed by atoms with Crippen molar-refractivity contribution in [3.05, 3.63) is 41.6 Å². The summed E-state index contributed by atoms with van der Waals surface area (Å²) in [6, 6.07) is 6.20. The first-order chi connectivity index (χ1) is 8.63. The van der Waals surface area contributed by atoms with Gasteiger partial charge in [-0.25, -0.2) is 14.4 Å².